The van der Waals surface area contributed by atoms with Gasteiger partial charge in [0, 0.05) is 19.2 Å². The van der Waals surface area contributed by atoms with Gasteiger partial charge in [-0.3, -0.25) is 4.79 Å². The molecule has 1 atom stereocenters. The van der Waals surface area contributed by atoms with Crippen molar-refractivity contribution >= 4 is 5.91 Å². The molecule has 108 valence electrons. The van der Waals surface area contributed by atoms with Crippen LogP contribution >= 0.6 is 0 Å². The molecule has 1 amide bonds. The van der Waals surface area contributed by atoms with E-state index in [9.17, 15) is 9.90 Å². The Morgan fingerprint density at radius 1 is 1.40 bits per heavy atom. The Morgan fingerprint density at radius 2 is 2.20 bits per heavy atom. The zero-order chi connectivity index (χ0) is 14.2. The number of nitrogens with zero attached hydrogens (tertiary/aromatic N) is 1. The van der Waals surface area contributed by atoms with Crippen LogP contribution in [0.25, 0.3) is 0 Å². The zero-order valence-corrected chi connectivity index (χ0v) is 12.0. The predicted molar refractivity (Wildman–Crippen MR) is 77.9 cm³/mol. The SMILES string of the molecule is CN(CC1(O)CCNC1)C(=O)c1ccc2c(c1)CCC2. The fourth-order valence-corrected chi connectivity index (χ4v) is 3.30. The average molecular weight is 274 g/mol. The summed E-state index contributed by atoms with van der Waals surface area (Å²) in [4.78, 5) is 14.1. The minimum atomic E-state index is -0.777. The van der Waals surface area contributed by atoms with Crippen LogP contribution in [0.3, 0.4) is 0 Å². The molecule has 0 spiro atoms. The third-order valence-corrected chi connectivity index (χ3v) is 4.44. The van der Waals surface area contributed by atoms with Crippen molar-refractivity contribution in [1.82, 2.24) is 10.2 Å². The standard InChI is InChI=1S/C16H22N2O2/c1-18(11-16(20)7-8-17-10-16)15(19)14-6-5-12-3-2-4-13(12)9-14/h5-6,9,17,20H,2-4,7-8,10-11H2,1H3. The number of carbonyl (C=O) groups is 1. The second kappa shape index (κ2) is 5.19. The Balaban J connectivity index is 1.71. The highest BCUT2D eigenvalue weighted by Gasteiger charge is 2.33. The van der Waals surface area contributed by atoms with Crippen LogP contribution < -0.4 is 5.32 Å². The molecule has 3 rings (SSSR count). The third-order valence-electron chi connectivity index (χ3n) is 4.44. The fraction of sp³-hybridized carbons (Fsp3) is 0.562. The first-order valence-corrected chi connectivity index (χ1v) is 7.38. The van der Waals surface area contributed by atoms with Crippen LogP contribution in [0.15, 0.2) is 18.2 Å². The lowest BCUT2D eigenvalue weighted by atomic mass is 10.0. The number of β-amino-alcohol motifs (C(OH)–C–C–N with tert-alkyl or cyclic N) is 1. The number of amides is 1. The van der Waals surface area contributed by atoms with Crippen LogP contribution in [0.4, 0.5) is 0 Å². The lowest BCUT2D eigenvalue weighted by Crippen LogP contribution is -2.45. The number of carbonyl (C=O) groups excluding carboxylic acids is 1. The van der Waals surface area contributed by atoms with E-state index in [4.69, 9.17) is 0 Å². The number of hydrogen-bond donors (Lipinski definition) is 2. The van der Waals surface area contributed by atoms with Gasteiger partial charge in [-0.05, 0) is 55.5 Å². The topological polar surface area (TPSA) is 52.6 Å². The summed E-state index contributed by atoms with van der Waals surface area (Å²) in [5.41, 5.74) is 2.65. The summed E-state index contributed by atoms with van der Waals surface area (Å²) in [6.45, 7) is 1.77. The highest BCUT2D eigenvalue weighted by atomic mass is 16.3. The third kappa shape index (κ3) is 2.58. The van der Waals surface area contributed by atoms with Gasteiger partial charge in [0.05, 0.1) is 12.1 Å². The first-order valence-electron chi connectivity index (χ1n) is 7.38. The van der Waals surface area contributed by atoms with Gasteiger partial charge >= 0.3 is 0 Å². The molecule has 1 aliphatic heterocycles. The Morgan fingerprint density at radius 3 is 2.95 bits per heavy atom. The van der Waals surface area contributed by atoms with E-state index >= 15 is 0 Å². The Kier molecular flexibility index (Phi) is 3.52. The fourth-order valence-electron chi connectivity index (χ4n) is 3.30. The first kappa shape index (κ1) is 13.6. The van der Waals surface area contributed by atoms with E-state index in [1.54, 1.807) is 11.9 Å². The highest BCUT2D eigenvalue weighted by Crippen LogP contribution is 2.24. The lowest BCUT2D eigenvalue weighted by molar-refractivity contribution is 0.0252. The summed E-state index contributed by atoms with van der Waals surface area (Å²) in [7, 11) is 1.77. The van der Waals surface area contributed by atoms with Crippen molar-refractivity contribution in [1.29, 1.82) is 0 Å². The second-order valence-corrected chi connectivity index (χ2v) is 6.15. The highest BCUT2D eigenvalue weighted by molar-refractivity contribution is 5.94. The number of aliphatic hydroxyl groups is 1. The Bertz CT molecular complexity index is 521. The summed E-state index contributed by atoms with van der Waals surface area (Å²) in [6, 6.07) is 6.02. The van der Waals surface area contributed by atoms with Crippen LogP contribution in [-0.4, -0.2) is 48.2 Å². The van der Waals surface area contributed by atoms with E-state index in [1.807, 2.05) is 12.1 Å². The van der Waals surface area contributed by atoms with Gasteiger partial charge in [-0.2, -0.15) is 0 Å². The molecular weight excluding hydrogens is 252 g/mol. The predicted octanol–water partition coefficient (Wildman–Crippen LogP) is 0.972. The van der Waals surface area contributed by atoms with Crippen molar-refractivity contribution in [2.75, 3.05) is 26.7 Å². The molecule has 2 aliphatic rings. The van der Waals surface area contributed by atoms with E-state index in [-0.39, 0.29) is 5.91 Å². The Labute approximate surface area is 119 Å². The van der Waals surface area contributed by atoms with Gasteiger partial charge in [0.25, 0.3) is 5.91 Å². The molecule has 20 heavy (non-hydrogen) atoms. The van der Waals surface area contributed by atoms with E-state index < -0.39 is 5.60 Å². The van der Waals surface area contributed by atoms with Crippen LogP contribution in [-0.2, 0) is 12.8 Å². The number of likely N-dealkylation sites (N-methyl/N-ethyl adjacent to an activating group) is 1. The summed E-state index contributed by atoms with van der Waals surface area (Å²) >= 11 is 0. The van der Waals surface area contributed by atoms with Gasteiger partial charge in [0.1, 0.15) is 0 Å². The molecule has 1 aromatic rings. The maximum absolute atomic E-state index is 12.5. The quantitative estimate of drug-likeness (QED) is 0.863. The second-order valence-electron chi connectivity index (χ2n) is 6.15. The molecule has 1 saturated heterocycles. The van der Waals surface area contributed by atoms with Crippen molar-refractivity contribution in [3.05, 3.63) is 34.9 Å². The smallest absolute Gasteiger partial charge is 0.253 e. The van der Waals surface area contributed by atoms with E-state index in [1.165, 1.54) is 17.5 Å². The van der Waals surface area contributed by atoms with E-state index in [0.717, 1.165) is 24.9 Å². The maximum Gasteiger partial charge on any atom is 0.253 e. The van der Waals surface area contributed by atoms with Crippen molar-refractivity contribution < 1.29 is 9.90 Å². The largest absolute Gasteiger partial charge is 0.387 e. The molecule has 1 aliphatic carbocycles. The first-order chi connectivity index (χ1) is 9.57. The Hall–Kier alpha value is -1.39. The van der Waals surface area contributed by atoms with Gasteiger partial charge in [-0.25, -0.2) is 0 Å². The van der Waals surface area contributed by atoms with E-state index in [2.05, 4.69) is 11.4 Å². The van der Waals surface area contributed by atoms with Crippen molar-refractivity contribution in [3.8, 4) is 0 Å². The summed E-state index contributed by atoms with van der Waals surface area (Å²) < 4.78 is 0. The maximum atomic E-state index is 12.5. The molecule has 1 fully saturated rings. The minimum absolute atomic E-state index is 0.0000231. The zero-order valence-electron chi connectivity index (χ0n) is 12.0. The summed E-state index contributed by atoms with van der Waals surface area (Å²) in [5.74, 6) is 0.0000231. The number of benzene rings is 1. The number of hydrogen-bond acceptors (Lipinski definition) is 3. The monoisotopic (exact) mass is 274 g/mol. The molecule has 0 bridgehead atoms. The molecule has 1 heterocycles. The molecule has 0 radical (unpaired) electrons. The summed E-state index contributed by atoms with van der Waals surface area (Å²) in [5, 5.41) is 13.5. The van der Waals surface area contributed by atoms with Crippen molar-refractivity contribution in [3.63, 3.8) is 0 Å². The van der Waals surface area contributed by atoms with Gasteiger partial charge < -0.3 is 15.3 Å². The average Bonchev–Trinajstić information content (AvgIpc) is 3.05. The molecule has 1 unspecified atom stereocenters. The molecule has 1 aromatic carbocycles. The van der Waals surface area contributed by atoms with Crippen molar-refractivity contribution in [2.24, 2.45) is 0 Å². The van der Waals surface area contributed by atoms with Gasteiger partial charge in [0.2, 0.25) is 0 Å². The molecule has 0 aromatic heterocycles. The van der Waals surface area contributed by atoms with Crippen LogP contribution in [0.5, 0.6) is 0 Å². The van der Waals surface area contributed by atoms with Crippen LogP contribution in [0.2, 0.25) is 0 Å². The lowest BCUT2D eigenvalue weighted by Gasteiger charge is -2.28. The molecule has 0 saturated carbocycles. The number of aryl methyl sites for hydroxylation is 2. The normalized spacial score (nSPS) is 24.7. The van der Waals surface area contributed by atoms with E-state index in [0.29, 0.717) is 19.5 Å². The van der Waals surface area contributed by atoms with Gasteiger partial charge in [0.15, 0.2) is 0 Å². The minimum Gasteiger partial charge on any atom is -0.387 e. The van der Waals surface area contributed by atoms with Crippen molar-refractivity contribution in [2.45, 2.75) is 31.3 Å². The number of nitrogens with one attached hydrogen (secondary N) is 1. The van der Waals surface area contributed by atoms with Crippen LogP contribution in [0.1, 0.15) is 34.3 Å². The molecule has 2 N–H and O–H groups in total. The molecular formula is C16H22N2O2. The molecule has 4 heteroatoms. The number of fused-ring (bicyclic) bond motifs is 1. The molecule has 4 nitrogen and oxygen atoms in total. The van der Waals surface area contributed by atoms with Gasteiger partial charge in [-0.15, -0.1) is 0 Å². The number of rotatable bonds is 3. The van der Waals surface area contributed by atoms with Crippen LogP contribution in [0, 0.1) is 0 Å². The summed E-state index contributed by atoms with van der Waals surface area (Å²) in [6.07, 6.45) is 4.10. The van der Waals surface area contributed by atoms with Gasteiger partial charge in [-0.1, -0.05) is 6.07 Å².